The molecule has 0 atom stereocenters. The van der Waals surface area contributed by atoms with Crippen LogP contribution >= 0.6 is 0 Å². The Bertz CT molecular complexity index is 947. The van der Waals surface area contributed by atoms with E-state index in [1.165, 1.54) is 31.2 Å². The second-order valence-electron chi connectivity index (χ2n) is 6.30. The van der Waals surface area contributed by atoms with E-state index in [1.807, 2.05) is 6.92 Å². The van der Waals surface area contributed by atoms with Crippen molar-refractivity contribution in [3.8, 4) is 0 Å². The second-order valence-corrected chi connectivity index (χ2v) is 6.30. The molecule has 2 amide bonds. The number of rotatable bonds is 6. The first kappa shape index (κ1) is 18.5. The van der Waals surface area contributed by atoms with Crippen LogP contribution in [0.15, 0.2) is 42.5 Å². The molecule has 138 valence electrons. The Balaban J connectivity index is 1.90. The molecule has 0 radical (unpaired) electrons. The molecule has 0 fully saturated rings. The Labute approximate surface area is 156 Å². The maximum Gasteiger partial charge on any atom is 0.338 e. The Morgan fingerprint density at radius 1 is 0.963 bits per heavy atom. The molecule has 1 heterocycles. The van der Waals surface area contributed by atoms with Gasteiger partial charge in [-0.25, -0.2) is 9.69 Å². The van der Waals surface area contributed by atoms with Gasteiger partial charge < -0.3 is 4.74 Å². The zero-order valence-electron chi connectivity index (χ0n) is 15.2. The molecule has 6 nitrogen and oxygen atoms in total. The van der Waals surface area contributed by atoms with Crippen LogP contribution in [0, 0.1) is 0 Å². The van der Waals surface area contributed by atoms with Crippen LogP contribution in [0.25, 0.3) is 0 Å². The van der Waals surface area contributed by atoms with Gasteiger partial charge in [-0.15, -0.1) is 0 Å². The molecule has 0 bridgehead atoms. The third kappa shape index (κ3) is 3.51. The Kier molecular flexibility index (Phi) is 5.16. The van der Waals surface area contributed by atoms with E-state index in [0.29, 0.717) is 17.9 Å². The minimum atomic E-state index is -0.529. The number of amides is 2. The summed E-state index contributed by atoms with van der Waals surface area (Å²) in [5.74, 6) is -1.70. The number of ketones is 1. The number of fused-ring (bicyclic) bond motifs is 1. The lowest BCUT2D eigenvalue weighted by molar-refractivity contribution is 0.0499. The van der Waals surface area contributed by atoms with Gasteiger partial charge >= 0.3 is 5.97 Å². The summed E-state index contributed by atoms with van der Waals surface area (Å²) in [6.07, 6.45) is 1.66. The Morgan fingerprint density at radius 2 is 1.70 bits per heavy atom. The zero-order chi connectivity index (χ0) is 19.6. The van der Waals surface area contributed by atoms with Crippen molar-refractivity contribution in [3.05, 3.63) is 64.7 Å². The number of esters is 1. The third-order valence-electron chi connectivity index (χ3n) is 4.36. The van der Waals surface area contributed by atoms with Crippen LogP contribution in [0.2, 0.25) is 0 Å². The fraction of sp³-hybridized carbons (Fsp3) is 0.238. The molecule has 0 aliphatic carbocycles. The minimum Gasteiger partial charge on any atom is -0.462 e. The summed E-state index contributed by atoms with van der Waals surface area (Å²) >= 11 is 0. The first-order valence-electron chi connectivity index (χ1n) is 8.75. The zero-order valence-corrected chi connectivity index (χ0v) is 15.2. The molecule has 6 heteroatoms. The van der Waals surface area contributed by atoms with Gasteiger partial charge in [0.1, 0.15) is 0 Å². The lowest BCUT2D eigenvalue weighted by atomic mass is 10.1. The molecule has 1 aliphatic heterocycles. The average molecular weight is 365 g/mol. The number of Topliss-reactive ketones (excluding diaryl/α,β-unsaturated/α-hetero) is 1. The van der Waals surface area contributed by atoms with Gasteiger partial charge in [0, 0.05) is 5.56 Å². The van der Waals surface area contributed by atoms with Crippen molar-refractivity contribution in [1.82, 2.24) is 0 Å². The van der Waals surface area contributed by atoms with Crippen molar-refractivity contribution in [2.24, 2.45) is 0 Å². The average Bonchev–Trinajstić information content (AvgIpc) is 2.92. The van der Waals surface area contributed by atoms with Crippen LogP contribution in [0.5, 0.6) is 0 Å². The highest BCUT2D eigenvalue weighted by atomic mass is 16.5. The normalized spacial score (nSPS) is 12.9. The number of carbonyl (C=O) groups excluding carboxylic acids is 4. The largest absolute Gasteiger partial charge is 0.462 e. The molecule has 2 aromatic rings. The van der Waals surface area contributed by atoms with Crippen LogP contribution in [-0.4, -0.2) is 30.2 Å². The monoisotopic (exact) mass is 365 g/mol. The molecule has 0 N–H and O–H groups in total. The minimum absolute atomic E-state index is 0.151. The SMILES string of the molecule is CCCCOC(=O)c1ccc2c(c1)C(=O)N(c1cccc(C(C)=O)c1)C2=O. The predicted molar refractivity (Wildman–Crippen MR) is 99.2 cm³/mol. The van der Waals surface area contributed by atoms with Crippen LogP contribution in [-0.2, 0) is 4.74 Å². The molecule has 0 spiro atoms. The maximum absolute atomic E-state index is 12.8. The van der Waals surface area contributed by atoms with E-state index in [1.54, 1.807) is 18.2 Å². The molecular formula is C21H19NO5. The van der Waals surface area contributed by atoms with Gasteiger partial charge in [-0.05, 0) is 43.7 Å². The number of nitrogens with zero attached hydrogens (tertiary/aromatic N) is 1. The van der Waals surface area contributed by atoms with E-state index in [0.717, 1.165) is 17.7 Å². The highest BCUT2D eigenvalue weighted by molar-refractivity contribution is 6.34. The van der Waals surface area contributed by atoms with Crippen molar-refractivity contribution < 1.29 is 23.9 Å². The Morgan fingerprint density at radius 3 is 2.41 bits per heavy atom. The number of carbonyl (C=O) groups is 4. The number of unbranched alkanes of at least 4 members (excludes halogenated alkanes) is 1. The van der Waals surface area contributed by atoms with Gasteiger partial charge in [0.15, 0.2) is 5.78 Å². The number of benzene rings is 2. The first-order chi connectivity index (χ1) is 12.9. The van der Waals surface area contributed by atoms with Crippen LogP contribution in [0.1, 0.15) is 68.1 Å². The number of ether oxygens (including phenoxy) is 1. The fourth-order valence-corrected chi connectivity index (χ4v) is 2.86. The van der Waals surface area contributed by atoms with Gasteiger partial charge in [0.05, 0.1) is 29.0 Å². The van der Waals surface area contributed by atoms with Crippen molar-refractivity contribution >= 4 is 29.3 Å². The lowest BCUT2D eigenvalue weighted by Gasteiger charge is -2.14. The van der Waals surface area contributed by atoms with Gasteiger partial charge in [-0.1, -0.05) is 25.5 Å². The molecule has 3 rings (SSSR count). The maximum atomic E-state index is 12.8. The smallest absolute Gasteiger partial charge is 0.338 e. The van der Waals surface area contributed by atoms with Crippen molar-refractivity contribution in [2.75, 3.05) is 11.5 Å². The predicted octanol–water partition coefficient (Wildman–Crippen LogP) is 3.65. The highest BCUT2D eigenvalue weighted by Gasteiger charge is 2.37. The molecule has 2 aromatic carbocycles. The van der Waals surface area contributed by atoms with Gasteiger partial charge in [0.2, 0.25) is 0 Å². The first-order valence-corrected chi connectivity index (χ1v) is 8.75. The van der Waals surface area contributed by atoms with E-state index in [2.05, 4.69) is 0 Å². The summed E-state index contributed by atoms with van der Waals surface area (Å²) in [5, 5.41) is 0. The van der Waals surface area contributed by atoms with E-state index in [-0.39, 0.29) is 22.5 Å². The standard InChI is InChI=1S/C21H19NO5/c1-3-4-10-27-21(26)15-8-9-17-18(12-15)20(25)22(19(17)24)16-7-5-6-14(11-16)13(2)23/h5-9,11-12H,3-4,10H2,1-2H3. The second kappa shape index (κ2) is 7.53. The summed E-state index contributed by atoms with van der Waals surface area (Å²) in [5.41, 5.74) is 1.33. The van der Waals surface area contributed by atoms with Gasteiger partial charge in [-0.2, -0.15) is 0 Å². The highest BCUT2D eigenvalue weighted by Crippen LogP contribution is 2.29. The van der Waals surface area contributed by atoms with E-state index >= 15 is 0 Å². The van der Waals surface area contributed by atoms with Crippen LogP contribution < -0.4 is 4.90 Å². The molecule has 0 aromatic heterocycles. The van der Waals surface area contributed by atoms with Gasteiger partial charge in [0.25, 0.3) is 11.8 Å². The number of anilines is 1. The van der Waals surface area contributed by atoms with Crippen molar-refractivity contribution in [2.45, 2.75) is 26.7 Å². The summed E-state index contributed by atoms with van der Waals surface area (Å²) in [7, 11) is 0. The van der Waals surface area contributed by atoms with Crippen LogP contribution in [0.3, 0.4) is 0 Å². The summed E-state index contributed by atoms with van der Waals surface area (Å²) in [6, 6.07) is 10.7. The quantitative estimate of drug-likeness (QED) is 0.338. The van der Waals surface area contributed by atoms with Crippen LogP contribution in [0.4, 0.5) is 5.69 Å². The van der Waals surface area contributed by atoms with Gasteiger partial charge in [-0.3, -0.25) is 14.4 Å². The molecule has 0 unspecified atom stereocenters. The number of hydrogen-bond acceptors (Lipinski definition) is 5. The molecule has 1 aliphatic rings. The van der Waals surface area contributed by atoms with E-state index in [4.69, 9.17) is 4.74 Å². The topological polar surface area (TPSA) is 80.8 Å². The number of imide groups is 1. The molecule has 0 saturated carbocycles. The Hall–Kier alpha value is -3.28. The van der Waals surface area contributed by atoms with Crippen molar-refractivity contribution in [3.63, 3.8) is 0 Å². The van der Waals surface area contributed by atoms with E-state index in [9.17, 15) is 19.2 Å². The number of hydrogen-bond donors (Lipinski definition) is 0. The third-order valence-corrected chi connectivity index (χ3v) is 4.36. The molecular weight excluding hydrogens is 346 g/mol. The van der Waals surface area contributed by atoms with E-state index < -0.39 is 17.8 Å². The molecule has 27 heavy (non-hydrogen) atoms. The van der Waals surface area contributed by atoms with Crippen molar-refractivity contribution in [1.29, 1.82) is 0 Å². The molecule has 0 saturated heterocycles. The summed E-state index contributed by atoms with van der Waals surface area (Å²) in [6.45, 7) is 3.71. The lowest BCUT2D eigenvalue weighted by Crippen LogP contribution is -2.29. The summed E-state index contributed by atoms with van der Waals surface area (Å²) in [4.78, 5) is 50.2. The fourth-order valence-electron chi connectivity index (χ4n) is 2.86. The summed E-state index contributed by atoms with van der Waals surface area (Å²) < 4.78 is 5.16.